The Kier molecular flexibility index (Phi) is 4.12. The molecule has 1 heterocycles. The Bertz CT molecular complexity index is 179. The molecule has 0 bridgehead atoms. The van der Waals surface area contributed by atoms with Gasteiger partial charge in [-0.05, 0) is 0 Å². The minimum Gasteiger partial charge on any atom is -0.389 e. The summed E-state index contributed by atoms with van der Waals surface area (Å²) in [6.45, 7) is -0.329. The summed E-state index contributed by atoms with van der Waals surface area (Å²) in [5, 5.41) is -0.753. The van der Waals surface area contributed by atoms with Crippen LogP contribution in [0.4, 0.5) is 0 Å². The van der Waals surface area contributed by atoms with Crippen LogP contribution in [-0.4, -0.2) is 30.7 Å². The van der Waals surface area contributed by atoms with Gasteiger partial charge in [-0.15, -0.1) is 34.3 Å². The topological polar surface area (TPSA) is 9.23 Å². The molecule has 1 nitrogen and oxygen atoms in total. The lowest BCUT2D eigenvalue weighted by molar-refractivity contribution is 0.287. The fraction of sp³-hybridized carbons (Fsp3) is 1.00. The van der Waals surface area contributed by atoms with Crippen LogP contribution in [0.15, 0.2) is 0 Å². The van der Waals surface area contributed by atoms with E-state index in [4.69, 9.17) is 61.4 Å². The predicted molar refractivity (Wildman–Crippen MR) is 60.5 cm³/mol. The van der Waals surface area contributed by atoms with E-state index in [0.717, 1.165) is 0 Å². The zero-order valence-corrected chi connectivity index (χ0v) is 12.0. The van der Waals surface area contributed by atoms with Gasteiger partial charge in [0.2, 0.25) is 6.90 Å². The lowest BCUT2D eigenvalue weighted by atomic mass is 10.5. The SMILES string of the molecule is C[Si]1(Cl)C(Cl)C(Cl)C(Cl)O[SiH]1Cl. The van der Waals surface area contributed by atoms with Crippen LogP contribution in [0.3, 0.4) is 0 Å². The maximum absolute atomic E-state index is 6.20. The maximum atomic E-state index is 6.20. The van der Waals surface area contributed by atoms with Crippen LogP contribution in [0.25, 0.3) is 0 Å². The third kappa shape index (κ3) is 2.09. The van der Waals surface area contributed by atoms with Crippen molar-refractivity contribution in [1.82, 2.24) is 0 Å². The molecule has 0 saturated carbocycles. The van der Waals surface area contributed by atoms with E-state index in [1.807, 2.05) is 6.55 Å². The molecule has 1 aliphatic heterocycles. The zero-order valence-electron chi connectivity index (χ0n) is 6.11. The second-order valence-electron chi connectivity index (χ2n) is 2.80. The van der Waals surface area contributed by atoms with E-state index in [0.29, 0.717) is 0 Å². The number of halogens is 5. The first kappa shape index (κ1) is 11.9. The molecule has 0 N–H and O–H groups in total. The number of hydrogen-bond donors (Lipinski definition) is 0. The predicted octanol–water partition coefficient (Wildman–Crippen LogP) is 2.69. The van der Waals surface area contributed by atoms with Crippen molar-refractivity contribution in [3.8, 4) is 0 Å². The largest absolute Gasteiger partial charge is 0.389 e. The molecule has 0 aliphatic carbocycles. The lowest BCUT2D eigenvalue weighted by Crippen LogP contribution is -2.61. The minimum absolute atomic E-state index is 0.314. The van der Waals surface area contributed by atoms with Crippen molar-refractivity contribution in [2.75, 3.05) is 0 Å². The van der Waals surface area contributed by atoms with Gasteiger partial charge in [0, 0.05) is 0 Å². The van der Waals surface area contributed by atoms with Crippen molar-refractivity contribution >= 4 is 71.7 Å². The summed E-state index contributed by atoms with van der Waals surface area (Å²) in [7, 11) is -1.93. The van der Waals surface area contributed by atoms with E-state index in [9.17, 15) is 0 Å². The molecule has 1 saturated heterocycles. The highest BCUT2D eigenvalue weighted by atomic mass is 35.6. The average Bonchev–Trinajstić information content (AvgIpc) is 1.99. The molecule has 0 aromatic heterocycles. The summed E-state index contributed by atoms with van der Waals surface area (Å²) < 4.78 is 5.27. The summed E-state index contributed by atoms with van der Waals surface area (Å²) in [5.74, 6) is 0. The minimum atomic E-state index is -2.20. The molecular weight excluding hydrogens is 297 g/mol. The molecule has 0 spiro atoms. The van der Waals surface area contributed by atoms with Gasteiger partial charge >= 0.3 is 0 Å². The van der Waals surface area contributed by atoms with Gasteiger partial charge in [-0.2, -0.15) is 11.1 Å². The molecular formula is C4H7Cl5OSi2. The van der Waals surface area contributed by atoms with Crippen LogP contribution in [0.5, 0.6) is 0 Å². The molecule has 0 aromatic carbocycles. The molecule has 72 valence electrons. The Morgan fingerprint density at radius 1 is 1.33 bits per heavy atom. The summed E-state index contributed by atoms with van der Waals surface area (Å²) >= 11 is 29.9. The van der Waals surface area contributed by atoms with Gasteiger partial charge in [-0.1, -0.05) is 18.1 Å². The van der Waals surface area contributed by atoms with E-state index >= 15 is 0 Å². The van der Waals surface area contributed by atoms with Crippen molar-refractivity contribution in [1.29, 1.82) is 0 Å². The summed E-state index contributed by atoms with van der Waals surface area (Å²) in [5.41, 5.74) is -0.595. The Hall–Kier alpha value is 1.84. The van der Waals surface area contributed by atoms with E-state index in [2.05, 4.69) is 0 Å². The van der Waals surface area contributed by atoms with E-state index in [-0.39, 0.29) is 5.00 Å². The molecule has 0 amide bonds. The van der Waals surface area contributed by atoms with Crippen LogP contribution in [0.1, 0.15) is 0 Å². The third-order valence-corrected chi connectivity index (χ3v) is 20.7. The standard InChI is InChI=1S/C4H7Cl5OSi2/c1-12(9)4(7)2(5)3(6)10-11(12)8/h2-4,11H,1H3. The maximum Gasteiger partial charge on any atom is 0.279 e. The summed E-state index contributed by atoms with van der Waals surface area (Å²) in [6.07, 6.45) is 0. The quantitative estimate of drug-likeness (QED) is 0.380. The van der Waals surface area contributed by atoms with Crippen molar-refractivity contribution in [2.45, 2.75) is 22.5 Å². The average molecular weight is 305 g/mol. The monoisotopic (exact) mass is 302 g/mol. The highest BCUT2D eigenvalue weighted by Crippen LogP contribution is 2.37. The first-order valence-corrected chi connectivity index (χ1v) is 12.2. The van der Waals surface area contributed by atoms with Crippen LogP contribution in [0.2, 0.25) is 6.55 Å². The van der Waals surface area contributed by atoms with Crippen LogP contribution >= 0.6 is 57.0 Å². The van der Waals surface area contributed by atoms with Crippen molar-refractivity contribution in [2.24, 2.45) is 0 Å². The zero-order chi connectivity index (χ0) is 9.52. The summed E-state index contributed by atoms with van der Waals surface area (Å²) in [4.78, 5) is 0. The number of hydrogen-bond acceptors (Lipinski definition) is 1. The smallest absolute Gasteiger partial charge is 0.279 e. The first-order chi connectivity index (χ1) is 5.37. The summed E-state index contributed by atoms with van der Waals surface area (Å²) in [6, 6.07) is 0. The molecule has 0 aromatic rings. The molecule has 8 heteroatoms. The van der Waals surface area contributed by atoms with Crippen molar-refractivity contribution < 1.29 is 4.43 Å². The van der Waals surface area contributed by atoms with Gasteiger partial charge < -0.3 is 4.43 Å². The van der Waals surface area contributed by atoms with E-state index < -0.39 is 25.7 Å². The number of alkyl halides is 3. The Balaban J connectivity index is 2.80. The Labute approximate surface area is 98.1 Å². The molecule has 0 radical (unpaired) electrons. The van der Waals surface area contributed by atoms with Gasteiger partial charge in [0.05, 0.1) is 10.4 Å². The molecule has 12 heavy (non-hydrogen) atoms. The lowest BCUT2D eigenvalue weighted by Gasteiger charge is -2.39. The van der Waals surface area contributed by atoms with Crippen molar-refractivity contribution in [3.63, 3.8) is 0 Å². The molecule has 1 fully saturated rings. The van der Waals surface area contributed by atoms with E-state index in [1.165, 1.54) is 0 Å². The number of rotatable bonds is 0. The molecule has 5 unspecified atom stereocenters. The van der Waals surface area contributed by atoms with Gasteiger partial charge in [-0.25, -0.2) is 0 Å². The highest BCUT2D eigenvalue weighted by Gasteiger charge is 2.54. The molecule has 1 aliphatic rings. The first-order valence-electron chi connectivity index (χ1n) is 3.28. The third-order valence-electron chi connectivity index (χ3n) is 1.76. The van der Waals surface area contributed by atoms with Crippen LogP contribution in [0, 0.1) is 0 Å². The highest BCUT2D eigenvalue weighted by molar-refractivity contribution is 7.63. The second-order valence-corrected chi connectivity index (χ2v) is 19.4. The van der Waals surface area contributed by atoms with Crippen LogP contribution < -0.4 is 0 Å². The van der Waals surface area contributed by atoms with Crippen LogP contribution in [-0.2, 0) is 4.43 Å². The Morgan fingerprint density at radius 3 is 2.33 bits per heavy atom. The van der Waals surface area contributed by atoms with E-state index in [1.54, 1.807) is 0 Å². The van der Waals surface area contributed by atoms with Gasteiger partial charge in [-0.3, -0.25) is 0 Å². The second kappa shape index (κ2) is 4.15. The fourth-order valence-electron chi connectivity index (χ4n) is 0.892. The van der Waals surface area contributed by atoms with Gasteiger partial charge in [0.1, 0.15) is 5.56 Å². The van der Waals surface area contributed by atoms with Crippen molar-refractivity contribution in [3.05, 3.63) is 0 Å². The molecule has 1 rings (SSSR count). The van der Waals surface area contributed by atoms with Gasteiger partial charge in [0.15, 0.2) is 0 Å². The Morgan fingerprint density at radius 2 is 1.83 bits per heavy atom. The normalized spacial score (nSPS) is 55.5. The van der Waals surface area contributed by atoms with Gasteiger partial charge in [0.25, 0.3) is 7.87 Å². The molecule has 5 atom stereocenters. The fourth-order valence-corrected chi connectivity index (χ4v) is 12.0.